The van der Waals surface area contributed by atoms with E-state index in [1.54, 1.807) is 17.8 Å². The third-order valence-corrected chi connectivity index (χ3v) is 2.76. The Morgan fingerprint density at radius 1 is 1.57 bits per heavy atom. The highest BCUT2D eigenvalue weighted by molar-refractivity contribution is 7.92. The number of hydrogen-bond donors (Lipinski definition) is 1. The van der Waals surface area contributed by atoms with Crippen LogP contribution in [0.4, 0.5) is 5.82 Å². The Labute approximate surface area is 83.2 Å². The molecule has 0 bridgehead atoms. The first-order valence-corrected chi connectivity index (χ1v) is 6.36. The molecule has 0 spiro atoms. The summed E-state index contributed by atoms with van der Waals surface area (Å²) in [4.78, 5) is 0. The van der Waals surface area contributed by atoms with Gasteiger partial charge in [0.25, 0.3) is 0 Å². The van der Waals surface area contributed by atoms with Crippen molar-refractivity contribution in [1.82, 2.24) is 9.78 Å². The van der Waals surface area contributed by atoms with Crippen LogP contribution in [0.15, 0.2) is 6.07 Å². The first-order valence-electron chi connectivity index (χ1n) is 4.47. The van der Waals surface area contributed by atoms with Crippen LogP contribution in [0.5, 0.6) is 0 Å². The molecule has 6 heteroatoms. The molecule has 0 atom stereocenters. The summed E-state index contributed by atoms with van der Waals surface area (Å²) in [6, 6.07) is 1.80. The summed E-state index contributed by atoms with van der Waals surface area (Å²) in [6.07, 6.45) is 3.46. The van der Waals surface area contributed by atoms with Gasteiger partial charge in [-0.3, -0.25) is 9.40 Å². The summed E-state index contributed by atoms with van der Waals surface area (Å²) in [5.41, 5.74) is 0.985. The molecule has 1 fully saturated rings. The Kier molecular flexibility index (Phi) is 2.02. The SMILES string of the molecule is Cn1nc(C2CC2)cc1NS(C)(=O)=O. The first kappa shape index (κ1) is 9.51. The number of aryl methyl sites for hydroxylation is 1. The average molecular weight is 215 g/mol. The Morgan fingerprint density at radius 3 is 2.71 bits per heavy atom. The van der Waals surface area contributed by atoms with Crippen LogP contribution in [0, 0.1) is 0 Å². The van der Waals surface area contributed by atoms with Crippen LogP contribution in [0.25, 0.3) is 0 Å². The third-order valence-electron chi connectivity index (χ3n) is 2.18. The van der Waals surface area contributed by atoms with E-state index in [9.17, 15) is 8.42 Å². The highest BCUT2D eigenvalue weighted by atomic mass is 32.2. The Hall–Kier alpha value is -1.04. The smallest absolute Gasteiger partial charge is 0.230 e. The minimum atomic E-state index is -3.20. The number of hydrogen-bond acceptors (Lipinski definition) is 3. The molecule has 0 amide bonds. The highest BCUT2D eigenvalue weighted by Crippen LogP contribution is 2.39. The predicted octanol–water partition coefficient (Wildman–Crippen LogP) is 0.669. The normalized spacial score (nSPS) is 17.0. The molecule has 0 radical (unpaired) electrons. The van der Waals surface area contributed by atoms with Gasteiger partial charge in [0.2, 0.25) is 10.0 Å². The minimum absolute atomic E-state index is 0.536. The average Bonchev–Trinajstić information content (AvgIpc) is 2.77. The molecule has 1 aromatic rings. The molecule has 78 valence electrons. The summed E-state index contributed by atoms with van der Waals surface area (Å²) in [5, 5.41) is 4.25. The lowest BCUT2D eigenvalue weighted by Crippen LogP contribution is -2.12. The van der Waals surface area contributed by atoms with Gasteiger partial charge in [0.1, 0.15) is 5.82 Å². The number of rotatable bonds is 3. The van der Waals surface area contributed by atoms with Gasteiger partial charge in [-0.15, -0.1) is 0 Å². The van der Waals surface area contributed by atoms with Crippen molar-refractivity contribution >= 4 is 15.8 Å². The van der Waals surface area contributed by atoms with E-state index >= 15 is 0 Å². The van der Waals surface area contributed by atoms with Gasteiger partial charge < -0.3 is 0 Å². The van der Waals surface area contributed by atoms with Gasteiger partial charge in [-0.2, -0.15) is 5.10 Å². The topological polar surface area (TPSA) is 64.0 Å². The molecular formula is C8H13N3O2S. The second kappa shape index (κ2) is 2.98. The zero-order valence-corrected chi connectivity index (χ0v) is 9.00. The van der Waals surface area contributed by atoms with Crippen molar-refractivity contribution in [2.75, 3.05) is 11.0 Å². The quantitative estimate of drug-likeness (QED) is 0.806. The van der Waals surface area contributed by atoms with Gasteiger partial charge >= 0.3 is 0 Å². The van der Waals surface area contributed by atoms with Gasteiger partial charge in [-0.05, 0) is 12.8 Å². The molecule has 1 N–H and O–H groups in total. The lowest BCUT2D eigenvalue weighted by molar-refractivity contribution is 0.606. The summed E-state index contributed by atoms with van der Waals surface area (Å²) < 4.78 is 26.0. The number of nitrogens with one attached hydrogen (secondary N) is 1. The van der Waals surface area contributed by atoms with Crippen LogP contribution in [0.3, 0.4) is 0 Å². The van der Waals surface area contributed by atoms with Gasteiger partial charge in [-0.1, -0.05) is 0 Å². The van der Waals surface area contributed by atoms with Crippen molar-refractivity contribution in [2.45, 2.75) is 18.8 Å². The Bertz CT molecular complexity index is 445. The first-order chi connectivity index (χ1) is 6.46. The number of sulfonamides is 1. The summed E-state index contributed by atoms with van der Waals surface area (Å²) in [5.74, 6) is 1.07. The third kappa shape index (κ3) is 2.06. The van der Waals surface area contributed by atoms with Crippen molar-refractivity contribution < 1.29 is 8.42 Å². The maximum atomic E-state index is 11.0. The number of nitrogens with zero attached hydrogens (tertiary/aromatic N) is 2. The molecular weight excluding hydrogens is 202 g/mol. The van der Waals surface area contributed by atoms with Gasteiger partial charge in [0.05, 0.1) is 11.9 Å². The van der Waals surface area contributed by atoms with Crippen molar-refractivity contribution in [3.63, 3.8) is 0 Å². The molecule has 5 nitrogen and oxygen atoms in total. The molecule has 1 aliphatic rings. The van der Waals surface area contributed by atoms with Gasteiger partial charge in [0.15, 0.2) is 0 Å². The van der Waals surface area contributed by atoms with Crippen molar-refractivity contribution in [2.24, 2.45) is 7.05 Å². The Balaban J connectivity index is 2.25. The lowest BCUT2D eigenvalue weighted by Gasteiger charge is -2.01. The molecule has 0 aliphatic heterocycles. The molecule has 0 aromatic carbocycles. The number of aromatic nitrogens is 2. The molecule has 2 rings (SSSR count). The zero-order valence-electron chi connectivity index (χ0n) is 8.19. The van der Waals surface area contributed by atoms with E-state index in [1.165, 1.54) is 0 Å². The van der Waals surface area contributed by atoms with Crippen LogP contribution in [0.1, 0.15) is 24.5 Å². The maximum Gasteiger partial charge on any atom is 0.230 e. The standard InChI is InChI=1S/C8H13N3O2S/c1-11-8(10-14(2,12)13)5-7(9-11)6-3-4-6/h5-6,10H,3-4H2,1-2H3. The Morgan fingerprint density at radius 2 is 2.21 bits per heavy atom. The van der Waals surface area contributed by atoms with Crippen LogP contribution in [0.2, 0.25) is 0 Å². The zero-order chi connectivity index (χ0) is 10.3. The number of anilines is 1. The molecule has 1 heterocycles. The molecule has 1 aromatic heterocycles. The van der Waals surface area contributed by atoms with Crippen LogP contribution in [-0.2, 0) is 17.1 Å². The molecule has 1 aliphatic carbocycles. The largest absolute Gasteiger partial charge is 0.268 e. The summed E-state index contributed by atoms with van der Waals surface area (Å²) in [6.45, 7) is 0. The van der Waals surface area contributed by atoms with Gasteiger partial charge in [-0.25, -0.2) is 8.42 Å². The van der Waals surface area contributed by atoms with Gasteiger partial charge in [0, 0.05) is 19.0 Å². The predicted molar refractivity (Wildman–Crippen MR) is 53.6 cm³/mol. The molecule has 14 heavy (non-hydrogen) atoms. The van der Waals surface area contributed by atoms with Crippen molar-refractivity contribution in [3.05, 3.63) is 11.8 Å². The molecule has 0 saturated heterocycles. The van der Waals surface area contributed by atoms with E-state index in [-0.39, 0.29) is 0 Å². The van der Waals surface area contributed by atoms with Crippen LogP contribution >= 0.6 is 0 Å². The monoisotopic (exact) mass is 215 g/mol. The second-order valence-electron chi connectivity index (χ2n) is 3.73. The fourth-order valence-electron chi connectivity index (χ4n) is 1.35. The van der Waals surface area contributed by atoms with E-state index < -0.39 is 10.0 Å². The van der Waals surface area contributed by atoms with E-state index in [0.29, 0.717) is 11.7 Å². The minimum Gasteiger partial charge on any atom is -0.268 e. The molecule has 1 saturated carbocycles. The maximum absolute atomic E-state index is 11.0. The van der Waals surface area contributed by atoms with Crippen LogP contribution < -0.4 is 4.72 Å². The van der Waals surface area contributed by atoms with Crippen molar-refractivity contribution in [1.29, 1.82) is 0 Å². The van der Waals surface area contributed by atoms with E-state index in [2.05, 4.69) is 9.82 Å². The van der Waals surface area contributed by atoms with E-state index in [0.717, 1.165) is 24.8 Å². The van der Waals surface area contributed by atoms with E-state index in [4.69, 9.17) is 0 Å². The fourth-order valence-corrected chi connectivity index (χ4v) is 1.92. The fraction of sp³-hybridized carbons (Fsp3) is 0.625. The second-order valence-corrected chi connectivity index (χ2v) is 5.48. The summed E-state index contributed by atoms with van der Waals surface area (Å²) >= 11 is 0. The highest BCUT2D eigenvalue weighted by Gasteiger charge is 2.27. The summed E-state index contributed by atoms with van der Waals surface area (Å²) in [7, 11) is -1.47. The molecule has 0 unspecified atom stereocenters. The van der Waals surface area contributed by atoms with E-state index in [1.807, 2.05) is 0 Å². The van der Waals surface area contributed by atoms with Crippen LogP contribution in [-0.4, -0.2) is 24.5 Å². The van der Waals surface area contributed by atoms with Crippen molar-refractivity contribution in [3.8, 4) is 0 Å². The lowest BCUT2D eigenvalue weighted by atomic mass is 10.3.